The topological polar surface area (TPSA) is 64.9 Å². The van der Waals surface area contributed by atoms with Crippen molar-refractivity contribution < 1.29 is 9.35 Å². The summed E-state index contributed by atoms with van der Waals surface area (Å²) in [6, 6.07) is 13.1. The van der Waals surface area contributed by atoms with Crippen LogP contribution >= 0.6 is 26.4 Å². The van der Waals surface area contributed by atoms with Gasteiger partial charge in [-0.25, -0.2) is 4.99 Å². The average molecular weight is 422 g/mol. The number of fused-ring (bicyclic) bond motifs is 1. The number of nitrogens with zero attached hydrogens (tertiary/aromatic N) is 2. The molecule has 1 amide bonds. The SMILES string of the molecule is CCN(C)/C=N\c1ccc2c(c1)C(=O)NS2(O)Cc1ccc(Br)cc1. The van der Waals surface area contributed by atoms with Gasteiger partial charge in [0, 0.05) is 28.7 Å². The minimum atomic E-state index is -2.41. The molecule has 2 N–H and O–H groups in total. The van der Waals surface area contributed by atoms with E-state index in [2.05, 4.69) is 25.6 Å². The van der Waals surface area contributed by atoms with Gasteiger partial charge in [-0.2, -0.15) is 0 Å². The van der Waals surface area contributed by atoms with E-state index in [1.807, 2.05) is 49.2 Å². The standard InChI is InChI=1S/C18H20BrN3O2S/c1-3-22(2)12-20-15-8-9-17-16(10-15)18(23)21-25(17,24)11-13-4-6-14(19)7-5-13/h4-10,12,24H,3,11H2,1-2H3,(H,21,23)/b20-12-. The first-order valence-electron chi connectivity index (χ1n) is 7.90. The maximum absolute atomic E-state index is 12.4. The van der Waals surface area contributed by atoms with E-state index in [9.17, 15) is 9.35 Å². The number of rotatable bonds is 5. The highest BCUT2D eigenvalue weighted by molar-refractivity contribution is 9.10. The van der Waals surface area contributed by atoms with Crippen LogP contribution in [0.3, 0.4) is 0 Å². The van der Waals surface area contributed by atoms with Crippen LogP contribution < -0.4 is 4.72 Å². The Bertz CT molecular complexity index is 826. The Balaban J connectivity index is 1.88. The first-order chi connectivity index (χ1) is 11.9. The van der Waals surface area contributed by atoms with Gasteiger partial charge in [0.25, 0.3) is 5.91 Å². The number of aliphatic imine (C=N–C) groups is 1. The van der Waals surface area contributed by atoms with Crippen LogP contribution in [0.5, 0.6) is 0 Å². The Morgan fingerprint density at radius 3 is 2.68 bits per heavy atom. The molecule has 0 saturated carbocycles. The molecule has 2 aromatic rings. The lowest BCUT2D eigenvalue weighted by atomic mass is 10.2. The quantitative estimate of drug-likeness (QED) is 0.549. The number of nitrogens with one attached hydrogen (secondary N) is 1. The Morgan fingerprint density at radius 1 is 1.28 bits per heavy atom. The molecule has 1 heterocycles. The van der Waals surface area contributed by atoms with Gasteiger partial charge in [-0.15, -0.1) is 0 Å². The highest BCUT2D eigenvalue weighted by Crippen LogP contribution is 2.57. The third-order valence-electron chi connectivity index (χ3n) is 4.02. The molecule has 0 fully saturated rings. The third-order valence-corrected chi connectivity index (χ3v) is 6.91. The summed E-state index contributed by atoms with van der Waals surface area (Å²) >= 11 is 3.40. The van der Waals surface area contributed by atoms with Gasteiger partial charge in [-0.3, -0.25) is 9.52 Å². The predicted molar refractivity (Wildman–Crippen MR) is 107 cm³/mol. The van der Waals surface area contributed by atoms with Crippen molar-refractivity contribution in [3.8, 4) is 0 Å². The third kappa shape index (κ3) is 3.89. The minimum Gasteiger partial charge on any atom is -0.366 e. The normalized spacial score (nSPS) is 21.7. The molecule has 25 heavy (non-hydrogen) atoms. The molecule has 0 saturated heterocycles. The van der Waals surface area contributed by atoms with Crippen LogP contribution in [0.25, 0.3) is 0 Å². The van der Waals surface area contributed by atoms with E-state index in [1.165, 1.54) is 0 Å². The fourth-order valence-corrected chi connectivity index (χ4v) is 5.02. The molecule has 3 rings (SSSR count). The number of carbonyl (C=O) groups is 1. The molecule has 1 atom stereocenters. The second-order valence-corrected chi connectivity index (χ2v) is 9.16. The van der Waals surface area contributed by atoms with Gasteiger partial charge >= 0.3 is 0 Å². The summed E-state index contributed by atoms with van der Waals surface area (Å²) in [6.45, 7) is 2.89. The predicted octanol–water partition coefficient (Wildman–Crippen LogP) is 4.56. The van der Waals surface area contributed by atoms with Gasteiger partial charge in [0.15, 0.2) is 0 Å². The number of carbonyl (C=O) groups excluding carboxylic acids is 1. The van der Waals surface area contributed by atoms with Crippen LogP contribution in [0.1, 0.15) is 22.8 Å². The number of halogens is 1. The second kappa shape index (κ2) is 7.19. The summed E-state index contributed by atoms with van der Waals surface area (Å²) in [4.78, 5) is 19.3. The van der Waals surface area contributed by atoms with Crippen LogP contribution in [0, 0.1) is 0 Å². The average Bonchev–Trinajstić information content (AvgIpc) is 2.85. The lowest BCUT2D eigenvalue weighted by Crippen LogP contribution is -2.20. The molecular weight excluding hydrogens is 402 g/mol. The van der Waals surface area contributed by atoms with Crippen LogP contribution in [0.2, 0.25) is 0 Å². The molecule has 0 aromatic heterocycles. The zero-order valence-electron chi connectivity index (χ0n) is 14.1. The van der Waals surface area contributed by atoms with Gasteiger partial charge in [-0.05, 0) is 53.3 Å². The van der Waals surface area contributed by atoms with Crippen molar-refractivity contribution in [1.82, 2.24) is 9.62 Å². The Hall–Kier alpha value is -1.83. The van der Waals surface area contributed by atoms with Crippen LogP contribution in [0.15, 0.2) is 56.8 Å². The summed E-state index contributed by atoms with van der Waals surface area (Å²) in [5.74, 6) is 0.144. The maximum atomic E-state index is 12.4. The van der Waals surface area contributed by atoms with Gasteiger partial charge < -0.3 is 9.45 Å². The molecule has 1 unspecified atom stereocenters. The highest BCUT2D eigenvalue weighted by Gasteiger charge is 2.37. The first kappa shape index (κ1) is 18.0. The molecule has 0 bridgehead atoms. The fourth-order valence-electron chi connectivity index (χ4n) is 2.52. The van der Waals surface area contributed by atoms with E-state index >= 15 is 0 Å². The zero-order chi connectivity index (χ0) is 18.0. The minimum absolute atomic E-state index is 0.245. The first-order valence-corrected chi connectivity index (χ1v) is 10.4. The Morgan fingerprint density at radius 2 is 2.00 bits per heavy atom. The lowest BCUT2D eigenvalue weighted by Gasteiger charge is -2.29. The highest BCUT2D eigenvalue weighted by atomic mass is 79.9. The molecule has 1 aliphatic rings. The van der Waals surface area contributed by atoms with Crippen molar-refractivity contribution in [3.05, 3.63) is 58.1 Å². The van der Waals surface area contributed by atoms with E-state index in [4.69, 9.17) is 0 Å². The Labute approximate surface area is 157 Å². The van der Waals surface area contributed by atoms with Crippen molar-refractivity contribution in [3.63, 3.8) is 0 Å². The van der Waals surface area contributed by atoms with E-state index in [0.29, 0.717) is 21.9 Å². The monoisotopic (exact) mass is 421 g/mol. The molecule has 2 aromatic carbocycles. The molecule has 5 nitrogen and oxygen atoms in total. The molecule has 0 radical (unpaired) electrons. The molecular formula is C18H20BrN3O2S. The summed E-state index contributed by atoms with van der Waals surface area (Å²) in [5.41, 5.74) is 2.17. The lowest BCUT2D eigenvalue weighted by molar-refractivity contribution is 0.0985. The van der Waals surface area contributed by atoms with E-state index < -0.39 is 10.5 Å². The number of hydrogen-bond donors (Lipinski definition) is 2. The van der Waals surface area contributed by atoms with Gasteiger partial charge in [0.1, 0.15) is 0 Å². The van der Waals surface area contributed by atoms with Crippen LogP contribution in [-0.4, -0.2) is 35.3 Å². The molecule has 1 aliphatic heterocycles. The zero-order valence-corrected chi connectivity index (χ0v) is 16.5. The van der Waals surface area contributed by atoms with E-state index in [0.717, 1.165) is 16.6 Å². The van der Waals surface area contributed by atoms with Crippen LogP contribution in [-0.2, 0) is 5.75 Å². The Kier molecular flexibility index (Phi) is 5.17. The smallest absolute Gasteiger partial charge is 0.262 e. The number of hydrogen-bond acceptors (Lipinski definition) is 3. The van der Waals surface area contributed by atoms with Gasteiger partial charge in [0.2, 0.25) is 0 Å². The van der Waals surface area contributed by atoms with Crippen molar-refractivity contribution in [1.29, 1.82) is 0 Å². The molecule has 7 heteroatoms. The largest absolute Gasteiger partial charge is 0.366 e. The number of benzene rings is 2. The van der Waals surface area contributed by atoms with Gasteiger partial charge in [0.05, 0.1) is 17.6 Å². The molecule has 132 valence electrons. The van der Waals surface area contributed by atoms with Crippen molar-refractivity contribution in [2.75, 3.05) is 13.6 Å². The summed E-state index contributed by atoms with van der Waals surface area (Å²) in [6.07, 6.45) is 1.73. The van der Waals surface area contributed by atoms with Gasteiger partial charge in [-0.1, -0.05) is 28.1 Å². The fraction of sp³-hybridized carbons (Fsp3) is 0.222. The maximum Gasteiger partial charge on any atom is 0.262 e. The molecule has 0 spiro atoms. The summed E-state index contributed by atoms with van der Waals surface area (Å²) in [7, 11) is -0.473. The van der Waals surface area contributed by atoms with Crippen molar-refractivity contribution in [2.45, 2.75) is 17.6 Å². The van der Waals surface area contributed by atoms with Crippen molar-refractivity contribution in [2.24, 2.45) is 4.99 Å². The number of amides is 1. The summed E-state index contributed by atoms with van der Waals surface area (Å²) in [5, 5.41) is 0. The van der Waals surface area contributed by atoms with Crippen molar-refractivity contribution >= 4 is 44.4 Å². The second-order valence-electron chi connectivity index (χ2n) is 5.90. The van der Waals surface area contributed by atoms with Crippen LogP contribution in [0.4, 0.5) is 5.69 Å². The molecule has 0 aliphatic carbocycles. The van der Waals surface area contributed by atoms with E-state index in [-0.39, 0.29) is 5.91 Å². The van der Waals surface area contributed by atoms with E-state index in [1.54, 1.807) is 18.5 Å². The summed E-state index contributed by atoms with van der Waals surface area (Å²) < 4.78 is 14.8.